The lowest BCUT2D eigenvalue weighted by molar-refractivity contribution is -0.119. The summed E-state index contributed by atoms with van der Waals surface area (Å²) < 4.78 is 5.50. The molecule has 1 heterocycles. The number of Topliss-reactive ketones (excluding diaryl/α,β-unsaturated/α-hetero) is 1. The van der Waals surface area contributed by atoms with E-state index >= 15 is 0 Å². The minimum Gasteiger partial charge on any atom is -0.449 e. The fourth-order valence-corrected chi connectivity index (χ4v) is 8.65. The molecular formula is C41H77N3O4. The molecule has 5 atom stereocenters. The molecule has 2 unspecified atom stereocenters. The van der Waals surface area contributed by atoms with Gasteiger partial charge in [-0.15, -0.1) is 0 Å². The molecule has 1 amide bonds. The second-order valence-corrected chi connectivity index (χ2v) is 15.7. The fourth-order valence-electron chi connectivity index (χ4n) is 8.65. The van der Waals surface area contributed by atoms with Crippen molar-refractivity contribution in [1.29, 1.82) is 0 Å². The van der Waals surface area contributed by atoms with E-state index in [-0.39, 0.29) is 17.1 Å². The number of carbonyl (C=O) groups is 2. The smallest absolute Gasteiger partial charge is 0.409 e. The van der Waals surface area contributed by atoms with Gasteiger partial charge in [-0.1, -0.05) is 103 Å². The quantitative estimate of drug-likeness (QED) is 0.0690. The average molecular weight is 676 g/mol. The molecule has 7 nitrogen and oxygen atoms in total. The highest BCUT2D eigenvalue weighted by Crippen LogP contribution is 2.54. The van der Waals surface area contributed by atoms with Gasteiger partial charge in [-0.25, -0.2) is 4.79 Å². The number of aliphatic hydroxyl groups is 1. The molecule has 0 bridgehead atoms. The number of ether oxygens (including phenoxy) is 1. The van der Waals surface area contributed by atoms with Crippen LogP contribution in [0, 0.1) is 5.92 Å². The third-order valence-corrected chi connectivity index (χ3v) is 12.4. The maximum atomic E-state index is 12.7. The zero-order valence-corrected chi connectivity index (χ0v) is 32.6. The predicted octanol–water partition coefficient (Wildman–Crippen LogP) is 9.90. The second-order valence-electron chi connectivity index (χ2n) is 15.7. The Bertz CT molecular complexity index is 927. The van der Waals surface area contributed by atoms with Crippen molar-refractivity contribution in [3.8, 4) is 0 Å². The lowest BCUT2D eigenvalue weighted by Crippen LogP contribution is -2.55. The number of hydrogen-bond acceptors (Lipinski definition) is 6. The van der Waals surface area contributed by atoms with Crippen LogP contribution in [0.2, 0.25) is 0 Å². The van der Waals surface area contributed by atoms with Crippen LogP contribution in [0.4, 0.5) is 4.79 Å². The Labute approximate surface area is 296 Å². The van der Waals surface area contributed by atoms with Crippen molar-refractivity contribution in [3.05, 3.63) is 12.2 Å². The van der Waals surface area contributed by atoms with Crippen molar-refractivity contribution in [2.24, 2.45) is 5.92 Å². The van der Waals surface area contributed by atoms with E-state index in [9.17, 15) is 14.7 Å². The summed E-state index contributed by atoms with van der Waals surface area (Å²) in [6, 6.07) is -0.311. The topological polar surface area (TPSA) is 73.3 Å². The van der Waals surface area contributed by atoms with Crippen molar-refractivity contribution in [2.45, 2.75) is 199 Å². The molecule has 1 N–H and O–H groups in total. The van der Waals surface area contributed by atoms with Crippen LogP contribution in [-0.2, 0) is 9.53 Å². The first-order valence-electron chi connectivity index (χ1n) is 20.2. The van der Waals surface area contributed by atoms with E-state index in [1.54, 1.807) is 7.05 Å². The molecule has 0 aromatic heterocycles. The average Bonchev–Trinajstić information content (AvgIpc) is 3.42. The molecule has 1 aliphatic heterocycles. The van der Waals surface area contributed by atoms with Crippen molar-refractivity contribution >= 4 is 11.9 Å². The molecule has 1 aliphatic carbocycles. The van der Waals surface area contributed by atoms with E-state index < -0.39 is 12.2 Å². The number of amides is 1. The van der Waals surface area contributed by atoms with Crippen LogP contribution in [0.3, 0.4) is 0 Å². The van der Waals surface area contributed by atoms with Crippen LogP contribution < -0.4 is 0 Å². The molecule has 280 valence electrons. The predicted molar refractivity (Wildman–Crippen MR) is 201 cm³/mol. The van der Waals surface area contributed by atoms with Gasteiger partial charge < -0.3 is 14.7 Å². The van der Waals surface area contributed by atoms with Gasteiger partial charge in [0.2, 0.25) is 0 Å². The zero-order chi connectivity index (χ0) is 35.4. The van der Waals surface area contributed by atoms with Gasteiger partial charge >= 0.3 is 6.09 Å². The minimum absolute atomic E-state index is 0.246. The highest BCUT2D eigenvalue weighted by atomic mass is 16.6. The third-order valence-electron chi connectivity index (χ3n) is 12.4. The SMILES string of the molecule is CCCCCCCCCCCCC/C=C/[C@@H](O)[C@H](CC)N(C)C(=O)OCCCCC(=O)CCCCC[C@@H]1CCC2(C)N(C)CN(C)C12C. The number of fused-ring (bicyclic) bond motifs is 1. The van der Waals surface area contributed by atoms with Gasteiger partial charge in [0.25, 0.3) is 0 Å². The van der Waals surface area contributed by atoms with Crippen LogP contribution in [0.5, 0.6) is 0 Å². The summed E-state index contributed by atoms with van der Waals surface area (Å²) in [5.41, 5.74) is 0.518. The molecule has 0 aromatic carbocycles. The van der Waals surface area contributed by atoms with Gasteiger partial charge in [-0.2, -0.15) is 0 Å². The van der Waals surface area contributed by atoms with Crippen LogP contribution in [0.15, 0.2) is 12.2 Å². The van der Waals surface area contributed by atoms with Gasteiger partial charge in [0.1, 0.15) is 5.78 Å². The highest BCUT2D eigenvalue weighted by molar-refractivity contribution is 5.78. The van der Waals surface area contributed by atoms with Crippen molar-refractivity contribution < 1.29 is 19.4 Å². The highest BCUT2D eigenvalue weighted by Gasteiger charge is 2.62. The number of carbonyl (C=O) groups excluding carboxylic acids is 2. The minimum atomic E-state index is -0.704. The lowest BCUT2D eigenvalue weighted by Gasteiger charge is -2.44. The number of nitrogens with zero attached hydrogens (tertiary/aromatic N) is 3. The Morgan fingerprint density at radius 2 is 1.44 bits per heavy atom. The van der Waals surface area contributed by atoms with E-state index in [0.29, 0.717) is 38.1 Å². The van der Waals surface area contributed by atoms with Crippen molar-refractivity contribution in [2.75, 3.05) is 34.4 Å². The number of allylic oxidation sites excluding steroid dienone is 1. The Hall–Kier alpha value is -1.44. The van der Waals surface area contributed by atoms with Crippen LogP contribution in [0.1, 0.15) is 175 Å². The molecule has 1 saturated heterocycles. The summed E-state index contributed by atoms with van der Waals surface area (Å²) in [5.74, 6) is 1.05. The van der Waals surface area contributed by atoms with Crippen LogP contribution >= 0.6 is 0 Å². The molecule has 0 radical (unpaired) electrons. The fraction of sp³-hybridized carbons (Fsp3) is 0.902. The summed E-state index contributed by atoms with van der Waals surface area (Å²) in [7, 11) is 6.26. The van der Waals surface area contributed by atoms with E-state index in [4.69, 9.17) is 4.74 Å². The largest absolute Gasteiger partial charge is 0.449 e. The van der Waals surface area contributed by atoms with Gasteiger partial charge in [-0.05, 0) is 91.6 Å². The Kier molecular flexibility index (Phi) is 20.6. The van der Waals surface area contributed by atoms with Gasteiger partial charge in [-0.3, -0.25) is 14.6 Å². The zero-order valence-electron chi connectivity index (χ0n) is 32.6. The van der Waals surface area contributed by atoms with Crippen LogP contribution in [0.25, 0.3) is 0 Å². The molecule has 48 heavy (non-hydrogen) atoms. The van der Waals surface area contributed by atoms with Crippen molar-refractivity contribution in [1.82, 2.24) is 14.7 Å². The summed E-state index contributed by atoms with van der Waals surface area (Å²) in [6.45, 7) is 10.5. The number of ketones is 1. The van der Waals surface area contributed by atoms with Gasteiger partial charge in [0.15, 0.2) is 0 Å². The van der Waals surface area contributed by atoms with Crippen molar-refractivity contribution in [3.63, 3.8) is 0 Å². The first-order valence-corrected chi connectivity index (χ1v) is 20.2. The summed E-state index contributed by atoms with van der Waals surface area (Å²) in [5, 5.41) is 10.7. The van der Waals surface area contributed by atoms with Gasteiger partial charge in [0, 0.05) is 31.0 Å². The molecule has 2 rings (SSSR count). The Morgan fingerprint density at radius 3 is 2.06 bits per heavy atom. The monoisotopic (exact) mass is 676 g/mol. The van der Waals surface area contributed by atoms with Gasteiger partial charge in [0.05, 0.1) is 25.4 Å². The first kappa shape index (κ1) is 42.7. The molecular weight excluding hydrogens is 598 g/mol. The lowest BCUT2D eigenvalue weighted by atomic mass is 9.76. The number of hydrogen-bond donors (Lipinski definition) is 1. The summed E-state index contributed by atoms with van der Waals surface area (Å²) >= 11 is 0. The van der Waals surface area contributed by atoms with Crippen LogP contribution in [-0.4, -0.2) is 89.3 Å². The van der Waals surface area contributed by atoms with E-state index in [1.807, 2.05) is 13.0 Å². The number of rotatable bonds is 27. The Balaban J connectivity index is 1.49. The summed E-state index contributed by atoms with van der Waals surface area (Å²) in [4.78, 5) is 31.8. The molecule has 0 aromatic rings. The maximum Gasteiger partial charge on any atom is 0.409 e. The molecule has 0 spiro atoms. The maximum absolute atomic E-state index is 12.7. The molecule has 1 saturated carbocycles. The van der Waals surface area contributed by atoms with E-state index in [2.05, 4.69) is 50.7 Å². The second kappa shape index (κ2) is 23.1. The third kappa shape index (κ3) is 13.0. The normalized spacial score (nSPS) is 24.3. The van der Waals surface area contributed by atoms with E-state index in [0.717, 1.165) is 44.7 Å². The summed E-state index contributed by atoms with van der Waals surface area (Å²) in [6.07, 6.45) is 28.8. The van der Waals surface area contributed by atoms with E-state index in [1.165, 1.54) is 94.8 Å². The number of unbranched alkanes of at least 4 members (excludes halogenated alkanes) is 14. The number of aliphatic hydroxyl groups excluding tert-OH is 1. The molecule has 2 aliphatic rings. The molecule has 7 heteroatoms. The standard InChI is InChI=1S/C41H77N3O4/c1-8-10-11-12-13-14-15-16-17-18-19-20-24-30-38(46)37(9-2)44(7)39(47)48-33-26-25-29-36(45)28-23-21-22-27-35-31-32-40(3)41(35,4)43(6)34-42(40)5/h24,30,35,37-38,46H,8-23,25-29,31-34H2,1-7H3/b30-24+/t35-,37+,38-,40?,41?/m1/s1. The molecule has 2 fully saturated rings. The first-order chi connectivity index (χ1) is 23.0. The number of likely N-dealkylation sites (N-methyl/N-ethyl adjacent to an activating group) is 3. The Morgan fingerprint density at radius 1 is 0.854 bits per heavy atom.